The van der Waals surface area contributed by atoms with Crippen molar-refractivity contribution in [3.63, 3.8) is 0 Å². The standard InChI is InChI=1S/C22H23ClN2O3/c23-18-4-1-3-17-16(15-28-21(17)18)7-8-24-9-11-25(12-10-24)19-5-2-6-20-22(19)27-14-13-26-20/h1-6,15H,7-14H2. The molecule has 5 rings (SSSR count). The fraction of sp³-hybridized carbons (Fsp3) is 0.364. The first-order chi connectivity index (χ1) is 13.8. The highest BCUT2D eigenvalue weighted by Gasteiger charge is 2.23. The fourth-order valence-electron chi connectivity index (χ4n) is 4.07. The van der Waals surface area contributed by atoms with E-state index >= 15 is 0 Å². The van der Waals surface area contributed by atoms with Crippen LogP contribution in [0.4, 0.5) is 5.69 Å². The Kier molecular flexibility index (Phi) is 4.79. The van der Waals surface area contributed by atoms with Crippen molar-refractivity contribution in [2.45, 2.75) is 6.42 Å². The molecule has 2 aromatic carbocycles. The summed E-state index contributed by atoms with van der Waals surface area (Å²) >= 11 is 6.22. The van der Waals surface area contributed by atoms with Gasteiger partial charge in [0.25, 0.3) is 0 Å². The van der Waals surface area contributed by atoms with Gasteiger partial charge in [0.1, 0.15) is 13.2 Å². The van der Waals surface area contributed by atoms with Gasteiger partial charge in [0, 0.05) is 38.1 Å². The number of anilines is 1. The quantitative estimate of drug-likeness (QED) is 0.657. The van der Waals surface area contributed by atoms with Crippen molar-refractivity contribution < 1.29 is 13.9 Å². The monoisotopic (exact) mass is 398 g/mol. The SMILES string of the molecule is Clc1cccc2c(CCN3CCN(c4cccc5c4OCCO5)CC3)coc12. The van der Waals surface area contributed by atoms with Crippen LogP contribution in [0.5, 0.6) is 11.5 Å². The number of benzene rings is 2. The third-order valence-electron chi connectivity index (χ3n) is 5.59. The maximum atomic E-state index is 6.22. The number of halogens is 1. The van der Waals surface area contributed by atoms with Crippen LogP contribution in [0.2, 0.25) is 5.02 Å². The Labute approximate surface area is 169 Å². The third kappa shape index (κ3) is 3.29. The summed E-state index contributed by atoms with van der Waals surface area (Å²) in [7, 11) is 0. The molecular formula is C22H23ClN2O3. The summed E-state index contributed by atoms with van der Waals surface area (Å²) in [5.74, 6) is 1.75. The normalized spacial score (nSPS) is 17.2. The van der Waals surface area contributed by atoms with Gasteiger partial charge >= 0.3 is 0 Å². The van der Waals surface area contributed by atoms with E-state index in [0.717, 1.165) is 67.3 Å². The van der Waals surface area contributed by atoms with E-state index in [1.165, 1.54) is 5.56 Å². The molecule has 0 aliphatic carbocycles. The van der Waals surface area contributed by atoms with Crippen LogP contribution in [-0.2, 0) is 6.42 Å². The molecular weight excluding hydrogens is 376 g/mol. The first kappa shape index (κ1) is 17.7. The predicted octanol–water partition coefficient (Wildman–Crippen LogP) is 4.22. The second kappa shape index (κ2) is 7.57. The van der Waals surface area contributed by atoms with Crippen molar-refractivity contribution in [2.24, 2.45) is 0 Å². The first-order valence-corrected chi connectivity index (χ1v) is 10.2. The number of hydrogen-bond acceptors (Lipinski definition) is 5. The van der Waals surface area contributed by atoms with E-state index in [9.17, 15) is 0 Å². The average molecular weight is 399 g/mol. The summed E-state index contributed by atoms with van der Waals surface area (Å²) in [6.07, 6.45) is 2.81. The molecule has 146 valence electrons. The molecule has 0 spiro atoms. The van der Waals surface area contributed by atoms with E-state index in [0.29, 0.717) is 18.2 Å². The number of hydrogen-bond donors (Lipinski definition) is 0. The maximum Gasteiger partial charge on any atom is 0.184 e. The predicted molar refractivity (Wildman–Crippen MR) is 111 cm³/mol. The fourth-order valence-corrected chi connectivity index (χ4v) is 4.29. The Bertz CT molecular complexity index is 979. The van der Waals surface area contributed by atoms with Crippen LogP contribution in [0.1, 0.15) is 5.56 Å². The van der Waals surface area contributed by atoms with Gasteiger partial charge in [-0.3, -0.25) is 4.90 Å². The van der Waals surface area contributed by atoms with Crippen molar-refractivity contribution in [3.05, 3.63) is 53.2 Å². The molecule has 3 heterocycles. The van der Waals surface area contributed by atoms with Gasteiger partial charge in [0.15, 0.2) is 17.1 Å². The Morgan fingerprint density at radius 2 is 1.75 bits per heavy atom. The molecule has 2 aliphatic heterocycles. The first-order valence-electron chi connectivity index (χ1n) is 9.80. The molecule has 5 nitrogen and oxygen atoms in total. The largest absolute Gasteiger partial charge is 0.486 e. The number of rotatable bonds is 4. The molecule has 3 aromatic rings. The van der Waals surface area contributed by atoms with Crippen molar-refractivity contribution in [1.82, 2.24) is 4.90 Å². The van der Waals surface area contributed by atoms with E-state index in [2.05, 4.69) is 21.9 Å². The number of para-hydroxylation sites is 2. The Morgan fingerprint density at radius 3 is 2.64 bits per heavy atom. The van der Waals surface area contributed by atoms with E-state index in [1.54, 1.807) is 0 Å². The summed E-state index contributed by atoms with van der Waals surface area (Å²) in [6, 6.07) is 12.1. The van der Waals surface area contributed by atoms with Crippen LogP contribution >= 0.6 is 11.6 Å². The van der Waals surface area contributed by atoms with Gasteiger partial charge in [0.2, 0.25) is 0 Å². The van der Waals surface area contributed by atoms with Gasteiger partial charge in [-0.2, -0.15) is 0 Å². The lowest BCUT2D eigenvalue weighted by Crippen LogP contribution is -2.47. The molecule has 1 fully saturated rings. The number of furan rings is 1. The maximum absolute atomic E-state index is 6.22. The van der Waals surface area contributed by atoms with Gasteiger partial charge < -0.3 is 18.8 Å². The molecule has 0 atom stereocenters. The topological polar surface area (TPSA) is 38.1 Å². The van der Waals surface area contributed by atoms with Crippen molar-refractivity contribution >= 4 is 28.3 Å². The molecule has 0 bridgehead atoms. The number of fused-ring (bicyclic) bond motifs is 2. The van der Waals surface area contributed by atoms with Gasteiger partial charge in [0.05, 0.1) is 17.0 Å². The highest BCUT2D eigenvalue weighted by atomic mass is 35.5. The van der Waals surface area contributed by atoms with Gasteiger partial charge in [-0.1, -0.05) is 29.8 Å². The molecule has 1 aromatic heterocycles. The highest BCUT2D eigenvalue weighted by Crippen LogP contribution is 2.39. The van der Waals surface area contributed by atoms with Crippen LogP contribution in [-0.4, -0.2) is 50.8 Å². The summed E-state index contributed by atoms with van der Waals surface area (Å²) in [4.78, 5) is 4.91. The van der Waals surface area contributed by atoms with Crippen LogP contribution in [0.3, 0.4) is 0 Å². The lowest BCUT2D eigenvalue weighted by atomic mass is 10.1. The molecule has 0 radical (unpaired) electrons. The summed E-state index contributed by atoms with van der Waals surface area (Å²) in [6.45, 7) is 6.28. The zero-order chi connectivity index (χ0) is 18.9. The van der Waals surface area contributed by atoms with Gasteiger partial charge in [-0.05, 0) is 30.2 Å². The minimum Gasteiger partial charge on any atom is -0.486 e. The molecule has 6 heteroatoms. The van der Waals surface area contributed by atoms with Crippen LogP contribution < -0.4 is 14.4 Å². The third-order valence-corrected chi connectivity index (χ3v) is 5.89. The zero-order valence-electron chi connectivity index (χ0n) is 15.7. The molecule has 28 heavy (non-hydrogen) atoms. The molecule has 0 saturated carbocycles. The second-order valence-corrected chi connectivity index (χ2v) is 7.66. The Hall–Kier alpha value is -2.37. The Balaban J connectivity index is 1.21. The number of nitrogens with zero attached hydrogens (tertiary/aromatic N) is 2. The minimum absolute atomic E-state index is 0.618. The molecule has 0 N–H and O–H groups in total. The zero-order valence-corrected chi connectivity index (χ0v) is 16.5. The Morgan fingerprint density at radius 1 is 0.929 bits per heavy atom. The van der Waals surface area contributed by atoms with E-state index < -0.39 is 0 Å². The highest BCUT2D eigenvalue weighted by molar-refractivity contribution is 6.34. The molecule has 0 amide bonds. The number of piperazine rings is 1. The van der Waals surface area contributed by atoms with Crippen LogP contribution in [0.15, 0.2) is 47.1 Å². The van der Waals surface area contributed by atoms with E-state index in [4.69, 9.17) is 25.5 Å². The second-order valence-electron chi connectivity index (χ2n) is 7.26. The number of ether oxygens (including phenoxy) is 2. The van der Waals surface area contributed by atoms with E-state index in [-0.39, 0.29) is 0 Å². The van der Waals surface area contributed by atoms with Crippen molar-refractivity contribution in [3.8, 4) is 11.5 Å². The van der Waals surface area contributed by atoms with Gasteiger partial charge in [-0.25, -0.2) is 0 Å². The van der Waals surface area contributed by atoms with Crippen molar-refractivity contribution in [1.29, 1.82) is 0 Å². The lowest BCUT2D eigenvalue weighted by molar-refractivity contribution is 0.171. The van der Waals surface area contributed by atoms with Gasteiger partial charge in [-0.15, -0.1) is 0 Å². The summed E-state index contributed by atoms with van der Waals surface area (Å²) in [5.41, 5.74) is 3.16. The average Bonchev–Trinajstić information content (AvgIpc) is 3.17. The molecule has 0 unspecified atom stereocenters. The van der Waals surface area contributed by atoms with Crippen LogP contribution in [0.25, 0.3) is 11.0 Å². The summed E-state index contributed by atoms with van der Waals surface area (Å²) < 4.78 is 17.3. The smallest absolute Gasteiger partial charge is 0.184 e. The lowest BCUT2D eigenvalue weighted by Gasteiger charge is -2.37. The molecule has 2 aliphatic rings. The van der Waals surface area contributed by atoms with Crippen molar-refractivity contribution in [2.75, 3.05) is 50.8 Å². The summed E-state index contributed by atoms with van der Waals surface area (Å²) in [5, 5.41) is 1.80. The minimum atomic E-state index is 0.618. The van der Waals surface area contributed by atoms with E-state index in [1.807, 2.05) is 30.5 Å². The molecule has 1 saturated heterocycles. The van der Waals surface area contributed by atoms with Crippen LogP contribution in [0, 0.1) is 0 Å².